The summed E-state index contributed by atoms with van der Waals surface area (Å²) in [4.78, 5) is 54.0. The van der Waals surface area contributed by atoms with E-state index in [2.05, 4.69) is 10.3 Å². The lowest BCUT2D eigenvalue weighted by Crippen LogP contribution is -2.38. The summed E-state index contributed by atoms with van der Waals surface area (Å²) in [5, 5.41) is 3.32. The lowest BCUT2D eigenvalue weighted by molar-refractivity contribution is -0.142. The van der Waals surface area contributed by atoms with Gasteiger partial charge in [-0.25, -0.2) is 23.4 Å². The molecule has 0 unspecified atom stereocenters. The van der Waals surface area contributed by atoms with Gasteiger partial charge in [0.15, 0.2) is 16.3 Å². The molecule has 3 heterocycles. The van der Waals surface area contributed by atoms with E-state index in [-0.39, 0.29) is 22.0 Å². The van der Waals surface area contributed by atoms with E-state index < -0.39 is 58.3 Å². The summed E-state index contributed by atoms with van der Waals surface area (Å²) in [6.07, 6.45) is -5.27. The SMILES string of the molecule is Cn1c(=O)c2c(n(C)c1=O)n(C)c(=O)n2CC(=O)Nc1nc(-c2ccc(F)c(C(F)(F)F)c2F)cs1. The molecule has 0 aliphatic carbocycles. The minimum atomic E-state index is -5.27. The minimum absolute atomic E-state index is 0.00955. The van der Waals surface area contributed by atoms with Crippen molar-refractivity contribution < 1.29 is 26.7 Å². The number of amides is 1. The third-order valence-electron chi connectivity index (χ3n) is 5.42. The zero-order valence-corrected chi connectivity index (χ0v) is 19.4. The molecular weight excluding hydrogens is 515 g/mol. The average Bonchev–Trinajstić information content (AvgIpc) is 3.33. The largest absolute Gasteiger partial charge is 0.422 e. The number of anilines is 1. The predicted octanol–water partition coefficient (Wildman–Crippen LogP) is 1.80. The molecule has 0 spiro atoms. The number of carbonyl (C=O) groups excluding carboxylic acids is 1. The summed E-state index contributed by atoms with van der Waals surface area (Å²) in [6.45, 7) is -0.665. The number of alkyl halides is 3. The zero-order chi connectivity index (χ0) is 26.7. The number of benzene rings is 1. The fourth-order valence-corrected chi connectivity index (χ4v) is 4.44. The molecule has 0 aliphatic heterocycles. The second-order valence-corrected chi connectivity index (χ2v) is 8.53. The third kappa shape index (κ3) is 3.92. The molecular formula is C20H15F5N6O4S. The first-order valence-electron chi connectivity index (χ1n) is 9.90. The van der Waals surface area contributed by atoms with Crippen LogP contribution in [-0.2, 0) is 38.7 Å². The molecule has 0 fully saturated rings. The Hall–Kier alpha value is -4.08. The van der Waals surface area contributed by atoms with Crippen LogP contribution in [0, 0.1) is 11.6 Å². The number of rotatable bonds is 4. The van der Waals surface area contributed by atoms with Crippen molar-refractivity contribution in [2.45, 2.75) is 12.7 Å². The molecule has 0 atom stereocenters. The van der Waals surface area contributed by atoms with E-state index in [0.29, 0.717) is 6.07 Å². The Kier molecular flexibility index (Phi) is 5.94. The standard InChI is InChI=1S/C20H15F5N6O4S/c1-28-15-14(16(33)30(3)18(28)34)31(19(35)29(15)2)6-11(32)27-17-26-10(7-36-17)8-4-5-9(21)12(13(8)22)20(23,24)25/h4-5,7H,6H2,1-3H3,(H,26,27,32). The van der Waals surface area contributed by atoms with Crippen molar-refractivity contribution in [2.75, 3.05) is 5.32 Å². The summed E-state index contributed by atoms with van der Waals surface area (Å²) < 4.78 is 70.7. The number of thiazole rings is 1. The number of halogens is 5. The Balaban J connectivity index is 1.66. The minimum Gasteiger partial charge on any atom is -0.300 e. The van der Waals surface area contributed by atoms with Gasteiger partial charge in [0.05, 0.1) is 5.69 Å². The van der Waals surface area contributed by atoms with Crippen LogP contribution in [0.5, 0.6) is 0 Å². The van der Waals surface area contributed by atoms with Crippen molar-refractivity contribution in [1.29, 1.82) is 0 Å². The van der Waals surface area contributed by atoms with Crippen molar-refractivity contribution in [2.24, 2.45) is 21.1 Å². The fourth-order valence-electron chi connectivity index (χ4n) is 3.72. The van der Waals surface area contributed by atoms with E-state index in [4.69, 9.17) is 0 Å². The smallest absolute Gasteiger partial charge is 0.300 e. The quantitative estimate of drug-likeness (QED) is 0.405. The van der Waals surface area contributed by atoms with Gasteiger partial charge in [0.25, 0.3) is 5.56 Å². The van der Waals surface area contributed by atoms with Gasteiger partial charge in [-0.05, 0) is 12.1 Å². The maximum Gasteiger partial charge on any atom is 0.422 e. The van der Waals surface area contributed by atoms with Crippen LogP contribution < -0.4 is 22.3 Å². The van der Waals surface area contributed by atoms with E-state index in [1.807, 2.05) is 0 Å². The Morgan fingerprint density at radius 3 is 2.31 bits per heavy atom. The van der Waals surface area contributed by atoms with Crippen molar-refractivity contribution in [3.05, 3.63) is 66.0 Å². The van der Waals surface area contributed by atoms with Crippen LogP contribution in [0.15, 0.2) is 31.9 Å². The van der Waals surface area contributed by atoms with Gasteiger partial charge in [-0.1, -0.05) is 0 Å². The second-order valence-electron chi connectivity index (χ2n) is 7.67. The molecule has 4 aromatic rings. The average molecular weight is 530 g/mol. The Labute approximate surface area is 200 Å². The normalized spacial score (nSPS) is 11.9. The summed E-state index contributed by atoms with van der Waals surface area (Å²) in [5.74, 6) is -4.47. The number of imidazole rings is 1. The maximum absolute atomic E-state index is 14.4. The van der Waals surface area contributed by atoms with Gasteiger partial charge in [-0.2, -0.15) is 13.2 Å². The first kappa shape index (κ1) is 25.0. The summed E-state index contributed by atoms with van der Waals surface area (Å²) >= 11 is 0.744. The van der Waals surface area contributed by atoms with Crippen LogP contribution in [-0.4, -0.2) is 29.2 Å². The number of nitrogens with zero attached hydrogens (tertiary/aromatic N) is 5. The molecule has 3 aromatic heterocycles. The molecule has 0 saturated heterocycles. The van der Waals surface area contributed by atoms with Gasteiger partial charge in [0.1, 0.15) is 23.7 Å². The fraction of sp³-hybridized carbons (Fsp3) is 0.250. The van der Waals surface area contributed by atoms with E-state index in [1.165, 1.54) is 21.1 Å². The molecule has 0 bridgehead atoms. The van der Waals surface area contributed by atoms with Crippen LogP contribution in [0.2, 0.25) is 0 Å². The number of aryl methyl sites for hydroxylation is 2. The van der Waals surface area contributed by atoms with Gasteiger partial charge >= 0.3 is 17.6 Å². The topological polar surface area (TPSA) is 113 Å². The number of hydrogen-bond acceptors (Lipinski definition) is 6. The lowest BCUT2D eigenvalue weighted by atomic mass is 10.1. The van der Waals surface area contributed by atoms with Crippen LogP contribution in [0.3, 0.4) is 0 Å². The summed E-state index contributed by atoms with van der Waals surface area (Å²) in [7, 11) is 3.88. The molecule has 0 radical (unpaired) electrons. The number of fused-ring (bicyclic) bond motifs is 1. The van der Waals surface area contributed by atoms with Crippen LogP contribution >= 0.6 is 11.3 Å². The highest BCUT2D eigenvalue weighted by atomic mass is 32.1. The molecule has 190 valence electrons. The molecule has 36 heavy (non-hydrogen) atoms. The summed E-state index contributed by atoms with van der Waals surface area (Å²) in [6, 6.07) is 1.25. The number of aromatic nitrogens is 5. The van der Waals surface area contributed by atoms with E-state index in [1.54, 1.807) is 0 Å². The number of carbonyl (C=O) groups is 1. The Morgan fingerprint density at radius 1 is 1.03 bits per heavy atom. The van der Waals surface area contributed by atoms with E-state index in [9.17, 15) is 41.1 Å². The first-order chi connectivity index (χ1) is 16.7. The van der Waals surface area contributed by atoms with Crippen LogP contribution in [0.1, 0.15) is 5.56 Å². The maximum atomic E-state index is 14.4. The van der Waals surface area contributed by atoms with Crippen molar-refractivity contribution >= 4 is 33.5 Å². The van der Waals surface area contributed by atoms with Gasteiger partial charge in [-0.3, -0.25) is 27.9 Å². The van der Waals surface area contributed by atoms with Gasteiger partial charge in [0.2, 0.25) is 5.91 Å². The highest BCUT2D eigenvalue weighted by Gasteiger charge is 2.39. The Bertz CT molecular complexity index is 1730. The number of nitrogens with one attached hydrogen (secondary N) is 1. The van der Waals surface area contributed by atoms with Gasteiger partial charge in [-0.15, -0.1) is 11.3 Å². The third-order valence-corrected chi connectivity index (χ3v) is 6.18. The van der Waals surface area contributed by atoms with Crippen molar-refractivity contribution in [3.8, 4) is 11.3 Å². The lowest BCUT2D eigenvalue weighted by Gasteiger charge is -2.11. The van der Waals surface area contributed by atoms with E-state index in [0.717, 1.165) is 41.1 Å². The van der Waals surface area contributed by atoms with Gasteiger partial charge < -0.3 is 5.32 Å². The highest BCUT2D eigenvalue weighted by molar-refractivity contribution is 7.14. The number of hydrogen-bond donors (Lipinski definition) is 1. The first-order valence-corrected chi connectivity index (χ1v) is 10.8. The van der Waals surface area contributed by atoms with Gasteiger partial charge in [0, 0.05) is 32.1 Å². The second kappa shape index (κ2) is 8.54. The molecule has 0 aliphatic rings. The van der Waals surface area contributed by atoms with E-state index >= 15 is 0 Å². The van der Waals surface area contributed by atoms with Crippen molar-refractivity contribution in [1.82, 2.24) is 23.3 Å². The monoisotopic (exact) mass is 530 g/mol. The molecule has 1 aromatic carbocycles. The molecule has 1 N–H and O–H groups in total. The highest BCUT2D eigenvalue weighted by Crippen LogP contribution is 2.38. The molecule has 0 saturated carbocycles. The molecule has 16 heteroatoms. The molecule has 4 rings (SSSR count). The predicted molar refractivity (Wildman–Crippen MR) is 119 cm³/mol. The Morgan fingerprint density at radius 2 is 1.67 bits per heavy atom. The summed E-state index contributed by atoms with van der Waals surface area (Å²) in [5.41, 5.74) is -5.43. The molecule has 1 amide bonds. The zero-order valence-electron chi connectivity index (χ0n) is 18.6. The molecule has 10 nitrogen and oxygen atoms in total. The van der Waals surface area contributed by atoms with Crippen LogP contribution in [0.4, 0.5) is 27.1 Å². The van der Waals surface area contributed by atoms with Crippen LogP contribution in [0.25, 0.3) is 22.4 Å². The van der Waals surface area contributed by atoms with Crippen molar-refractivity contribution in [3.63, 3.8) is 0 Å².